The first-order chi connectivity index (χ1) is 5.74. The summed E-state index contributed by atoms with van der Waals surface area (Å²) in [5.74, 6) is 0.757. The lowest BCUT2D eigenvalue weighted by atomic mass is 10.0. The molecule has 0 amide bonds. The standard InChI is InChI=1S/C11H15Cl/c1-9-5-6-11(4-3-7-12)10(2)8-9/h5-6,8H,3-4,7H2,1-2H3. The van der Waals surface area contributed by atoms with Crippen LogP contribution in [0.3, 0.4) is 0 Å². The molecule has 1 aromatic rings. The van der Waals surface area contributed by atoms with Crippen molar-refractivity contribution < 1.29 is 0 Å². The maximum Gasteiger partial charge on any atom is 0.0226 e. The van der Waals surface area contributed by atoms with E-state index in [2.05, 4.69) is 32.0 Å². The lowest BCUT2D eigenvalue weighted by Gasteiger charge is -2.04. The Morgan fingerprint density at radius 3 is 2.58 bits per heavy atom. The molecule has 0 fully saturated rings. The van der Waals surface area contributed by atoms with Crippen LogP contribution in [-0.2, 0) is 6.42 Å². The molecule has 1 heteroatoms. The normalized spacial score (nSPS) is 10.2. The predicted octanol–water partition coefficient (Wildman–Crippen LogP) is 3.47. The molecule has 0 unspecified atom stereocenters. The third-order valence-corrected chi connectivity index (χ3v) is 2.35. The van der Waals surface area contributed by atoms with E-state index < -0.39 is 0 Å². The quantitative estimate of drug-likeness (QED) is 0.628. The van der Waals surface area contributed by atoms with Crippen LogP contribution in [0.1, 0.15) is 23.1 Å². The second kappa shape index (κ2) is 4.51. The SMILES string of the molecule is Cc1ccc(CCCCl)c(C)c1. The van der Waals surface area contributed by atoms with E-state index in [1.54, 1.807) is 0 Å². The van der Waals surface area contributed by atoms with Crippen molar-refractivity contribution in [3.8, 4) is 0 Å². The van der Waals surface area contributed by atoms with E-state index in [1.165, 1.54) is 16.7 Å². The zero-order valence-electron chi connectivity index (χ0n) is 7.73. The van der Waals surface area contributed by atoms with E-state index in [-0.39, 0.29) is 0 Å². The van der Waals surface area contributed by atoms with Gasteiger partial charge in [0, 0.05) is 5.88 Å². The number of aryl methyl sites for hydroxylation is 3. The number of hydrogen-bond donors (Lipinski definition) is 0. The maximum atomic E-state index is 5.64. The topological polar surface area (TPSA) is 0 Å². The van der Waals surface area contributed by atoms with Crippen LogP contribution in [0.2, 0.25) is 0 Å². The molecule has 0 bridgehead atoms. The highest BCUT2D eigenvalue weighted by molar-refractivity contribution is 6.17. The molecular weight excluding hydrogens is 168 g/mol. The van der Waals surface area contributed by atoms with Crippen molar-refractivity contribution in [3.63, 3.8) is 0 Å². The Labute approximate surface area is 79.6 Å². The van der Waals surface area contributed by atoms with E-state index >= 15 is 0 Å². The van der Waals surface area contributed by atoms with E-state index in [4.69, 9.17) is 11.6 Å². The van der Waals surface area contributed by atoms with Gasteiger partial charge in [-0.25, -0.2) is 0 Å². The van der Waals surface area contributed by atoms with Gasteiger partial charge in [-0.2, -0.15) is 0 Å². The van der Waals surface area contributed by atoms with Gasteiger partial charge in [-0.3, -0.25) is 0 Å². The molecule has 0 heterocycles. The van der Waals surface area contributed by atoms with Gasteiger partial charge in [0.2, 0.25) is 0 Å². The summed E-state index contributed by atoms with van der Waals surface area (Å²) in [6.07, 6.45) is 2.18. The Bertz CT molecular complexity index is 253. The minimum atomic E-state index is 0.757. The Morgan fingerprint density at radius 1 is 1.25 bits per heavy atom. The Hall–Kier alpha value is -0.490. The van der Waals surface area contributed by atoms with E-state index in [9.17, 15) is 0 Å². The largest absolute Gasteiger partial charge is 0.127 e. The van der Waals surface area contributed by atoms with Gasteiger partial charge in [-0.1, -0.05) is 23.8 Å². The zero-order chi connectivity index (χ0) is 8.97. The Kier molecular flexibility index (Phi) is 3.61. The summed E-state index contributed by atoms with van der Waals surface area (Å²) in [6.45, 7) is 4.29. The molecular formula is C11H15Cl. The molecule has 0 radical (unpaired) electrons. The summed E-state index contributed by atoms with van der Waals surface area (Å²) in [7, 11) is 0. The van der Waals surface area contributed by atoms with Crippen LogP contribution in [0.15, 0.2) is 18.2 Å². The third kappa shape index (κ3) is 2.53. The molecule has 66 valence electrons. The maximum absolute atomic E-state index is 5.64. The molecule has 0 aliphatic carbocycles. The highest BCUT2D eigenvalue weighted by Crippen LogP contribution is 2.12. The molecule has 0 nitrogen and oxygen atoms in total. The van der Waals surface area contributed by atoms with Crippen molar-refractivity contribution in [2.24, 2.45) is 0 Å². The Morgan fingerprint density at radius 2 is 2.00 bits per heavy atom. The lowest BCUT2D eigenvalue weighted by Crippen LogP contribution is -1.90. The van der Waals surface area contributed by atoms with E-state index in [1.807, 2.05) is 0 Å². The molecule has 0 atom stereocenters. The van der Waals surface area contributed by atoms with Crippen molar-refractivity contribution in [3.05, 3.63) is 34.9 Å². The van der Waals surface area contributed by atoms with Gasteiger partial charge < -0.3 is 0 Å². The minimum absolute atomic E-state index is 0.757. The summed E-state index contributed by atoms with van der Waals surface area (Å²) >= 11 is 5.64. The molecule has 0 spiro atoms. The third-order valence-electron chi connectivity index (χ3n) is 2.08. The molecule has 1 aromatic carbocycles. The number of halogens is 1. The smallest absolute Gasteiger partial charge is 0.0226 e. The van der Waals surface area contributed by atoms with Crippen molar-refractivity contribution in [2.45, 2.75) is 26.7 Å². The molecule has 0 saturated heterocycles. The first-order valence-corrected chi connectivity index (χ1v) is 4.89. The van der Waals surface area contributed by atoms with Crippen LogP contribution in [0, 0.1) is 13.8 Å². The van der Waals surface area contributed by atoms with Gasteiger partial charge >= 0.3 is 0 Å². The molecule has 0 aromatic heterocycles. The lowest BCUT2D eigenvalue weighted by molar-refractivity contribution is 0.918. The van der Waals surface area contributed by atoms with Crippen molar-refractivity contribution in [2.75, 3.05) is 5.88 Å². The average Bonchev–Trinajstić information content (AvgIpc) is 2.03. The summed E-state index contributed by atoms with van der Waals surface area (Å²) in [4.78, 5) is 0. The fourth-order valence-corrected chi connectivity index (χ4v) is 1.52. The van der Waals surface area contributed by atoms with Gasteiger partial charge in [0.15, 0.2) is 0 Å². The molecule has 0 saturated carbocycles. The van der Waals surface area contributed by atoms with Gasteiger partial charge in [-0.15, -0.1) is 11.6 Å². The fourth-order valence-electron chi connectivity index (χ4n) is 1.38. The highest BCUT2D eigenvalue weighted by Gasteiger charge is 1.97. The highest BCUT2D eigenvalue weighted by atomic mass is 35.5. The summed E-state index contributed by atoms with van der Waals surface area (Å²) in [5, 5.41) is 0. The number of alkyl halides is 1. The Balaban J connectivity index is 2.72. The van der Waals surface area contributed by atoms with Crippen molar-refractivity contribution in [1.82, 2.24) is 0 Å². The van der Waals surface area contributed by atoms with Gasteiger partial charge in [0.05, 0.1) is 0 Å². The van der Waals surface area contributed by atoms with Gasteiger partial charge in [-0.05, 0) is 37.8 Å². The number of benzene rings is 1. The second-order valence-corrected chi connectivity index (χ2v) is 3.60. The van der Waals surface area contributed by atoms with Crippen LogP contribution in [0.4, 0.5) is 0 Å². The monoisotopic (exact) mass is 182 g/mol. The van der Waals surface area contributed by atoms with Gasteiger partial charge in [0.1, 0.15) is 0 Å². The summed E-state index contributed by atoms with van der Waals surface area (Å²) in [6, 6.07) is 6.59. The first kappa shape index (κ1) is 9.60. The van der Waals surface area contributed by atoms with Crippen molar-refractivity contribution in [1.29, 1.82) is 0 Å². The summed E-state index contributed by atoms with van der Waals surface area (Å²) in [5.41, 5.74) is 4.16. The average molecular weight is 183 g/mol. The van der Waals surface area contributed by atoms with Crippen LogP contribution < -0.4 is 0 Å². The zero-order valence-corrected chi connectivity index (χ0v) is 8.49. The second-order valence-electron chi connectivity index (χ2n) is 3.22. The van der Waals surface area contributed by atoms with Crippen LogP contribution >= 0.6 is 11.6 Å². The number of rotatable bonds is 3. The fraction of sp³-hybridized carbons (Fsp3) is 0.455. The molecule has 0 N–H and O–H groups in total. The minimum Gasteiger partial charge on any atom is -0.127 e. The van der Waals surface area contributed by atoms with Crippen LogP contribution in [-0.4, -0.2) is 5.88 Å². The summed E-state index contributed by atoms with van der Waals surface area (Å²) < 4.78 is 0. The molecule has 12 heavy (non-hydrogen) atoms. The molecule has 0 aliphatic heterocycles. The van der Waals surface area contributed by atoms with Crippen molar-refractivity contribution >= 4 is 11.6 Å². The van der Waals surface area contributed by atoms with Gasteiger partial charge in [0.25, 0.3) is 0 Å². The van der Waals surface area contributed by atoms with Crippen LogP contribution in [0.25, 0.3) is 0 Å². The van der Waals surface area contributed by atoms with E-state index in [0.717, 1.165) is 18.7 Å². The van der Waals surface area contributed by atoms with E-state index in [0.29, 0.717) is 0 Å². The van der Waals surface area contributed by atoms with Crippen LogP contribution in [0.5, 0.6) is 0 Å². The first-order valence-electron chi connectivity index (χ1n) is 4.36. The molecule has 0 aliphatic rings. The molecule has 1 rings (SSSR count). The predicted molar refractivity (Wildman–Crippen MR) is 55.0 cm³/mol. The number of hydrogen-bond acceptors (Lipinski definition) is 0.